The second-order valence-corrected chi connectivity index (χ2v) is 8.75. The predicted octanol–water partition coefficient (Wildman–Crippen LogP) is 2.26. The first kappa shape index (κ1) is 17.3. The van der Waals surface area contributed by atoms with E-state index in [1.807, 2.05) is 4.90 Å². The maximum absolute atomic E-state index is 13.0. The summed E-state index contributed by atoms with van der Waals surface area (Å²) in [4.78, 5) is 17.6. The van der Waals surface area contributed by atoms with Crippen molar-refractivity contribution in [1.82, 2.24) is 9.80 Å². The highest BCUT2D eigenvalue weighted by Gasteiger charge is 2.56. The van der Waals surface area contributed by atoms with Crippen LogP contribution in [-0.2, 0) is 4.79 Å². The first-order chi connectivity index (χ1) is 12.1. The number of hydrogen-bond acceptors (Lipinski definition) is 4. The van der Waals surface area contributed by atoms with Crippen LogP contribution in [-0.4, -0.2) is 52.0 Å². The Morgan fingerprint density at radius 2 is 1.80 bits per heavy atom. The number of nitriles is 1. The van der Waals surface area contributed by atoms with E-state index >= 15 is 0 Å². The normalized spacial score (nSPS) is 40.8. The highest BCUT2D eigenvalue weighted by molar-refractivity contribution is 5.84. The van der Waals surface area contributed by atoms with E-state index < -0.39 is 6.04 Å². The Hall–Kier alpha value is -1.12. The number of piperidine rings is 2. The van der Waals surface area contributed by atoms with E-state index in [4.69, 9.17) is 5.73 Å². The molecule has 3 aliphatic heterocycles. The first-order valence-corrected chi connectivity index (χ1v) is 10.3. The van der Waals surface area contributed by atoms with Gasteiger partial charge in [-0.15, -0.1) is 0 Å². The summed E-state index contributed by atoms with van der Waals surface area (Å²) < 4.78 is 0. The van der Waals surface area contributed by atoms with Crippen LogP contribution in [0.5, 0.6) is 0 Å². The molecule has 25 heavy (non-hydrogen) atoms. The molecule has 5 heteroatoms. The predicted molar refractivity (Wildman–Crippen MR) is 96.5 cm³/mol. The second kappa shape index (κ2) is 6.55. The minimum Gasteiger partial charge on any atom is -0.322 e. The number of carbonyl (C=O) groups excluding carboxylic acids is 1. The van der Waals surface area contributed by atoms with Crippen molar-refractivity contribution in [2.75, 3.05) is 0 Å². The van der Waals surface area contributed by atoms with Crippen molar-refractivity contribution in [3.63, 3.8) is 0 Å². The molecule has 0 spiro atoms. The average molecular weight is 345 g/mol. The molecular weight excluding hydrogens is 312 g/mol. The molecule has 0 aromatic carbocycles. The maximum atomic E-state index is 13.0. The van der Waals surface area contributed by atoms with Crippen LogP contribution in [0.15, 0.2) is 0 Å². The molecule has 1 amide bonds. The average Bonchev–Trinajstić information content (AvgIpc) is 3.23. The Morgan fingerprint density at radius 3 is 2.36 bits per heavy atom. The number of likely N-dealkylation sites (tertiary alicyclic amines) is 1. The minimum atomic E-state index is -0.415. The molecule has 2 bridgehead atoms. The largest absolute Gasteiger partial charge is 0.322 e. The van der Waals surface area contributed by atoms with Gasteiger partial charge < -0.3 is 10.6 Å². The fourth-order valence-electron chi connectivity index (χ4n) is 6.12. The Balaban J connectivity index is 1.43. The van der Waals surface area contributed by atoms with Gasteiger partial charge in [-0.05, 0) is 63.2 Å². The van der Waals surface area contributed by atoms with Crippen LogP contribution in [0.1, 0.15) is 65.2 Å². The Bertz CT molecular complexity index is 555. The molecule has 138 valence electrons. The number of nitrogens with two attached hydrogens (primary N) is 1. The molecule has 7 atom stereocenters. The van der Waals surface area contributed by atoms with E-state index in [1.165, 1.54) is 25.7 Å². The lowest BCUT2D eigenvalue weighted by Gasteiger charge is -2.45. The minimum absolute atomic E-state index is 0.0527. The second-order valence-electron chi connectivity index (χ2n) is 8.75. The molecule has 1 aliphatic carbocycles. The molecule has 1 saturated carbocycles. The van der Waals surface area contributed by atoms with E-state index in [0.29, 0.717) is 30.1 Å². The zero-order chi connectivity index (χ0) is 17.7. The SMILES string of the molecule is CCC(CC)N1C2CC[C@H]1CC([C@H](N)C(=O)N1C(C#N)CC3CC31)C2. The third-order valence-electron chi connectivity index (χ3n) is 7.49. The molecule has 5 unspecified atom stereocenters. The van der Waals surface area contributed by atoms with Gasteiger partial charge in [0.1, 0.15) is 6.04 Å². The number of fused-ring (bicyclic) bond motifs is 3. The van der Waals surface area contributed by atoms with Crippen LogP contribution < -0.4 is 5.73 Å². The van der Waals surface area contributed by atoms with Gasteiger partial charge in [0.05, 0.1) is 12.1 Å². The van der Waals surface area contributed by atoms with Crippen LogP contribution in [0, 0.1) is 23.2 Å². The van der Waals surface area contributed by atoms with Crippen molar-refractivity contribution in [3.05, 3.63) is 0 Å². The van der Waals surface area contributed by atoms with Gasteiger partial charge in [-0.3, -0.25) is 9.69 Å². The summed E-state index contributed by atoms with van der Waals surface area (Å²) in [5, 5.41) is 9.37. The summed E-state index contributed by atoms with van der Waals surface area (Å²) in [6.07, 6.45) is 8.98. The number of hydrogen-bond donors (Lipinski definition) is 1. The molecule has 2 N–H and O–H groups in total. The fraction of sp³-hybridized carbons (Fsp3) is 0.900. The fourth-order valence-corrected chi connectivity index (χ4v) is 6.12. The van der Waals surface area contributed by atoms with Crippen LogP contribution in [0.25, 0.3) is 0 Å². The molecule has 3 saturated heterocycles. The highest BCUT2D eigenvalue weighted by Crippen LogP contribution is 2.48. The summed E-state index contributed by atoms with van der Waals surface area (Å²) in [7, 11) is 0. The molecule has 5 nitrogen and oxygen atoms in total. The molecular formula is C20H32N4O. The molecule has 4 aliphatic rings. The zero-order valence-corrected chi connectivity index (χ0v) is 15.6. The van der Waals surface area contributed by atoms with E-state index in [9.17, 15) is 10.1 Å². The van der Waals surface area contributed by atoms with Gasteiger partial charge in [-0.1, -0.05) is 13.8 Å². The number of nitrogens with zero attached hydrogens (tertiary/aromatic N) is 3. The van der Waals surface area contributed by atoms with Crippen LogP contribution in [0.2, 0.25) is 0 Å². The van der Waals surface area contributed by atoms with Crippen LogP contribution in [0.4, 0.5) is 0 Å². The number of amides is 1. The molecule has 4 fully saturated rings. The molecule has 0 radical (unpaired) electrons. The van der Waals surface area contributed by atoms with Crippen molar-refractivity contribution in [2.45, 2.75) is 101 Å². The zero-order valence-electron chi connectivity index (χ0n) is 15.6. The standard InChI is InChI=1S/C20H32N4O/c1-3-14(4-2)23-15-5-6-16(23)9-13(8-15)19(22)20(25)24-17(11-21)7-12-10-18(12)24/h12-19H,3-10,22H2,1-2H3/t12?,13?,15-,16?,17?,18?,19-/m0/s1. The lowest BCUT2D eigenvalue weighted by atomic mass is 9.83. The number of carbonyl (C=O) groups is 1. The van der Waals surface area contributed by atoms with Crippen molar-refractivity contribution in [1.29, 1.82) is 5.26 Å². The van der Waals surface area contributed by atoms with Crippen LogP contribution in [0.3, 0.4) is 0 Å². The molecule has 3 heterocycles. The summed E-state index contributed by atoms with van der Waals surface area (Å²) >= 11 is 0. The quantitative estimate of drug-likeness (QED) is 0.830. The van der Waals surface area contributed by atoms with Gasteiger partial charge >= 0.3 is 0 Å². The monoisotopic (exact) mass is 344 g/mol. The lowest BCUT2D eigenvalue weighted by molar-refractivity contribution is -0.135. The van der Waals surface area contributed by atoms with Crippen LogP contribution >= 0.6 is 0 Å². The van der Waals surface area contributed by atoms with E-state index in [-0.39, 0.29) is 17.9 Å². The van der Waals surface area contributed by atoms with E-state index in [0.717, 1.165) is 25.7 Å². The smallest absolute Gasteiger partial charge is 0.241 e. The van der Waals surface area contributed by atoms with Crippen molar-refractivity contribution in [2.24, 2.45) is 17.6 Å². The Morgan fingerprint density at radius 1 is 1.16 bits per heavy atom. The highest BCUT2D eigenvalue weighted by atomic mass is 16.2. The Labute approximate surface area is 151 Å². The van der Waals surface area contributed by atoms with Gasteiger partial charge in [0.15, 0.2) is 0 Å². The molecule has 0 aromatic rings. The molecule has 4 rings (SSSR count). The van der Waals surface area contributed by atoms with Crippen molar-refractivity contribution in [3.8, 4) is 6.07 Å². The third kappa shape index (κ3) is 2.78. The first-order valence-electron chi connectivity index (χ1n) is 10.3. The molecule has 0 aromatic heterocycles. The third-order valence-corrected chi connectivity index (χ3v) is 7.49. The summed E-state index contributed by atoms with van der Waals surface area (Å²) in [5.74, 6) is 0.901. The summed E-state index contributed by atoms with van der Waals surface area (Å²) in [6.45, 7) is 4.58. The topological polar surface area (TPSA) is 73.4 Å². The Kier molecular flexibility index (Phi) is 4.54. The summed E-state index contributed by atoms with van der Waals surface area (Å²) in [6, 6.07) is 3.87. The maximum Gasteiger partial charge on any atom is 0.241 e. The number of rotatable bonds is 5. The summed E-state index contributed by atoms with van der Waals surface area (Å²) in [5.41, 5.74) is 6.49. The van der Waals surface area contributed by atoms with Gasteiger partial charge in [-0.25, -0.2) is 0 Å². The van der Waals surface area contributed by atoms with Crippen molar-refractivity contribution >= 4 is 5.91 Å². The van der Waals surface area contributed by atoms with Gasteiger partial charge in [0, 0.05) is 24.2 Å². The van der Waals surface area contributed by atoms with Crippen molar-refractivity contribution < 1.29 is 4.79 Å². The van der Waals surface area contributed by atoms with Gasteiger partial charge in [0.25, 0.3) is 0 Å². The lowest BCUT2D eigenvalue weighted by Crippen LogP contribution is -2.56. The van der Waals surface area contributed by atoms with Gasteiger partial charge in [-0.2, -0.15) is 5.26 Å². The van der Waals surface area contributed by atoms with E-state index in [2.05, 4.69) is 24.8 Å². The van der Waals surface area contributed by atoms with E-state index in [1.54, 1.807) is 0 Å². The van der Waals surface area contributed by atoms with Gasteiger partial charge in [0.2, 0.25) is 5.91 Å².